The van der Waals surface area contributed by atoms with Gasteiger partial charge in [-0.25, -0.2) is 4.79 Å². The summed E-state index contributed by atoms with van der Waals surface area (Å²) in [4.78, 5) is 55.9. The Hall–Kier alpha value is -3.10. The molecule has 2 saturated heterocycles. The molecule has 3 aliphatic rings. The van der Waals surface area contributed by atoms with Crippen molar-refractivity contribution in [3.63, 3.8) is 0 Å². The molecule has 3 heterocycles. The van der Waals surface area contributed by atoms with E-state index < -0.39 is 53.5 Å². The van der Waals surface area contributed by atoms with Crippen LogP contribution in [0.5, 0.6) is 0 Å². The van der Waals surface area contributed by atoms with Crippen molar-refractivity contribution >= 4 is 23.4 Å². The number of Topliss-reactive ketones (excluding diaryl/α,β-unsaturated/α-hetero) is 2. The maximum Gasteiger partial charge on any atom is 0.329 e. The van der Waals surface area contributed by atoms with Gasteiger partial charge in [0.15, 0.2) is 0 Å². The number of rotatable bonds is 4. The van der Waals surface area contributed by atoms with Crippen molar-refractivity contribution in [2.45, 2.75) is 110 Å². The summed E-state index contributed by atoms with van der Waals surface area (Å²) in [7, 11) is 0. The van der Waals surface area contributed by atoms with Crippen LogP contribution in [0.4, 0.5) is 0 Å². The van der Waals surface area contributed by atoms with Crippen LogP contribution in [0.3, 0.4) is 0 Å². The standard InChI is InChI=1S/C36H49NO7/c1-5-28(23-27-16-10-8-11-17-27)31-19-12-7-6-9-15-24(2)32(38)26(4)30-21-20-25(3)36(42,44-30)33(39)34(40)37-22-14-13-18-29(37)35(41)43-31/h6,8-12,16-17,19,24-26,28-31,42H,5,7,13-15,18,20-23H2,1-4H3/b9-6+,19-12+/t24-,25-,26+,28-,29?,30+,31+,36-/m1/s1. The Balaban J connectivity index is 1.67. The molecule has 0 radical (unpaired) electrons. The zero-order valence-corrected chi connectivity index (χ0v) is 26.7. The Morgan fingerprint density at radius 2 is 1.73 bits per heavy atom. The number of esters is 1. The smallest absolute Gasteiger partial charge is 0.329 e. The number of benzene rings is 1. The minimum absolute atomic E-state index is 0.00155. The van der Waals surface area contributed by atoms with Crippen LogP contribution in [0.2, 0.25) is 0 Å². The second-order valence-corrected chi connectivity index (χ2v) is 12.9. The van der Waals surface area contributed by atoms with Crippen LogP contribution in [0.1, 0.15) is 84.6 Å². The Labute approximate surface area is 261 Å². The molecule has 1 amide bonds. The van der Waals surface area contributed by atoms with Gasteiger partial charge in [-0.05, 0) is 69.4 Å². The molecule has 4 rings (SSSR count). The minimum atomic E-state index is -2.37. The largest absolute Gasteiger partial charge is 0.456 e. The third-order valence-corrected chi connectivity index (χ3v) is 9.77. The lowest BCUT2D eigenvalue weighted by molar-refractivity contribution is -0.268. The van der Waals surface area contributed by atoms with Gasteiger partial charge in [-0.3, -0.25) is 14.4 Å². The van der Waals surface area contributed by atoms with Crippen molar-refractivity contribution < 1.29 is 33.8 Å². The molecule has 44 heavy (non-hydrogen) atoms. The molecule has 0 aliphatic carbocycles. The lowest BCUT2D eigenvalue weighted by Crippen LogP contribution is -2.61. The molecule has 1 aromatic rings. The summed E-state index contributed by atoms with van der Waals surface area (Å²) < 4.78 is 12.2. The highest BCUT2D eigenvalue weighted by Gasteiger charge is 2.54. The number of allylic oxidation sites excluding steroid dienone is 3. The molecule has 2 bridgehead atoms. The van der Waals surface area contributed by atoms with Gasteiger partial charge in [0.25, 0.3) is 11.7 Å². The zero-order valence-electron chi connectivity index (χ0n) is 26.7. The molecule has 8 heteroatoms. The van der Waals surface area contributed by atoms with E-state index in [1.165, 1.54) is 4.90 Å². The number of ketones is 2. The average molecular weight is 608 g/mol. The highest BCUT2D eigenvalue weighted by molar-refractivity contribution is 6.39. The van der Waals surface area contributed by atoms with Crippen LogP contribution in [0.25, 0.3) is 0 Å². The SMILES string of the molecule is CC[C@H](Cc1ccccc1)[C@@H]1/C=C/C/C=C/C[C@@H](C)C(=O)[C@@H](C)[C@@H]2CC[C@@H](C)[C@@](O)(O2)C(=O)C(=O)N2CCCCC2C(=O)O1. The van der Waals surface area contributed by atoms with E-state index in [0.29, 0.717) is 51.4 Å². The molecular formula is C36H49NO7. The minimum Gasteiger partial charge on any atom is -0.456 e. The van der Waals surface area contributed by atoms with Crippen LogP contribution in [-0.2, 0) is 35.1 Å². The van der Waals surface area contributed by atoms with Crippen molar-refractivity contribution in [2.75, 3.05) is 6.54 Å². The molecule has 8 nitrogen and oxygen atoms in total. The van der Waals surface area contributed by atoms with Crippen LogP contribution in [0.15, 0.2) is 54.6 Å². The third-order valence-electron chi connectivity index (χ3n) is 9.77. The van der Waals surface area contributed by atoms with Gasteiger partial charge in [-0.1, -0.05) is 76.3 Å². The quantitative estimate of drug-likeness (QED) is 0.278. The van der Waals surface area contributed by atoms with Gasteiger partial charge < -0.3 is 19.5 Å². The van der Waals surface area contributed by atoms with Crippen molar-refractivity contribution in [3.8, 4) is 0 Å². The molecule has 1 aromatic carbocycles. The topological polar surface area (TPSA) is 110 Å². The molecule has 1 unspecified atom stereocenters. The van der Waals surface area contributed by atoms with Crippen molar-refractivity contribution in [3.05, 3.63) is 60.2 Å². The first kappa shape index (κ1) is 33.8. The lowest BCUT2D eigenvalue weighted by Gasteiger charge is -2.43. The van der Waals surface area contributed by atoms with Crippen molar-refractivity contribution in [2.24, 2.45) is 23.7 Å². The summed E-state index contributed by atoms with van der Waals surface area (Å²) in [6.07, 6.45) is 11.9. The third kappa shape index (κ3) is 7.75. The summed E-state index contributed by atoms with van der Waals surface area (Å²) in [6.45, 7) is 7.58. The molecular weight excluding hydrogens is 558 g/mol. The summed E-state index contributed by atoms with van der Waals surface area (Å²) in [6, 6.07) is 9.12. The monoisotopic (exact) mass is 607 g/mol. The number of fused-ring (bicyclic) bond motifs is 3. The van der Waals surface area contributed by atoms with E-state index in [-0.39, 0.29) is 24.2 Å². The van der Waals surface area contributed by atoms with Gasteiger partial charge in [0.2, 0.25) is 5.79 Å². The number of aliphatic hydroxyl groups is 1. The number of cyclic esters (lactones) is 1. The molecule has 0 spiro atoms. The fourth-order valence-electron chi connectivity index (χ4n) is 6.70. The fourth-order valence-corrected chi connectivity index (χ4v) is 6.70. The van der Waals surface area contributed by atoms with Crippen LogP contribution >= 0.6 is 0 Å². The normalized spacial score (nSPS) is 35.0. The summed E-state index contributed by atoms with van der Waals surface area (Å²) >= 11 is 0. The molecule has 3 aliphatic heterocycles. The summed E-state index contributed by atoms with van der Waals surface area (Å²) in [5.41, 5.74) is 1.14. The molecule has 240 valence electrons. The first-order chi connectivity index (χ1) is 21.1. The second kappa shape index (κ2) is 15.3. The number of piperidine rings is 1. The molecule has 8 atom stereocenters. The lowest BCUT2D eigenvalue weighted by atomic mass is 9.81. The Bertz CT molecular complexity index is 1230. The summed E-state index contributed by atoms with van der Waals surface area (Å²) in [5.74, 6) is -6.45. The van der Waals surface area contributed by atoms with Gasteiger partial charge in [-0.15, -0.1) is 0 Å². The predicted molar refractivity (Wildman–Crippen MR) is 167 cm³/mol. The Morgan fingerprint density at radius 3 is 2.45 bits per heavy atom. The van der Waals surface area contributed by atoms with Gasteiger partial charge in [-0.2, -0.15) is 0 Å². The van der Waals surface area contributed by atoms with E-state index in [9.17, 15) is 24.3 Å². The van der Waals surface area contributed by atoms with E-state index in [1.54, 1.807) is 13.8 Å². The number of carbonyl (C=O) groups excluding carboxylic acids is 4. The molecule has 0 aromatic heterocycles. The fraction of sp³-hybridized carbons (Fsp3) is 0.611. The number of ether oxygens (including phenoxy) is 2. The van der Waals surface area contributed by atoms with E-state index in [1.807, 2.05) is 49.4 Å². The van der Waals surface area contributed by atoms with Crippen LogP contribution < -0.4 is 0 Å². The Kier molecular flexibility index (Phi) is 11.7. The van der Waals surface area contributed by atoms with Crippen molar-refractivity contribution in [1.82, 2.24) is 4.90 Å². The van der Waals surface area contributed by atoms with E-state index in [0.717, 1.165) is 12.0 Å². The van der Waals surface area contributed by atoms with Crippen LogP contribution in [-0.4, -0.2) is 64.0 Å². The number of hydrogen-bond donors (Lipinski definition) is 1. The van der Waals surface area contributed by atoms with E-state index in [2.05, 4.69) is 19.1 Å². The predicted octanol–water partition coefficient (Wildman–Crippen LogP) is 5.37. The van der Waals surface area contributed by atoms with Gasteiger partial charge in [0.05, 0.1) is 6.10 Å². The molecule has 2 fully saturated rings. The maximum atomic E-state index is 13.8. The average Bonchev–Trinajstić information content (AvgIpc) is 3.04. The number of carbonyl (C=O) groups is 4. The van der Waals surface area contributed by atoms with Gasteiger partial charge >= 0.3 is 5.97 Å². The molecule has 0 saturated carbocycles. The first-order valence-electron chi connectivity index (χ1n) is 16.4. The van der Waals surface area contributed by atoms with Gasteiger partial charge in [0.1, 0.15) is 17.9 Å². The summed E-state index contributed by atoms with van der Waals surface area (Å²) in [5, 5.41) is 11.6. The Morgan fingerprint density at radius 1 is 0.977 bits per heavy atom. The van der Waals surface area contributed by atoms with Gasteiger partial charge in [0, 0.05) is 30.2 Å². The maximum absolute atomic E-state index is 13.8. The van der Waals surface area contributed by atoms with Crippen LogP contribution in [0, 0.1) is 23.7 Å². The first-order valence-corrected chi connectivity index (χ1v) is 16.4. The van der Waals surface area contributed by atoms with Crippen molar-refractivity contribution in [1.29, 1.82) is 0 Å². The molecule has 1 N–H and O–H groups in total. The van der Waals surface area contributed by atoms with E-state index >= 15 is 0 Å². The number of nitrogens with zero attached hydrogens (tertiary/aromatic N) is 1. The number of amides is 1. The zero-order chi connectivity index (χ0) is 31.9. The van der Waals surface area contributed by atoms with E-state index in [4.69, 9.17) is 9.47 Å². The number of hydrogen-bond acceptors (Lipinski definition) is 7. The second-order valence-electron chi connectivity index (χ2n) is 12.9. The highest BCUT2D eigenvalue weighted by atomic mass is 16.6. The highest BCUT2D eigenvalue weighted by Crippen LogP contribution is 2.37.